The van der Waals surface area contributed by atoms with E-state index >= 15 is 0 Å². The molecule has 1 unspecified atom stereocenters. The van der Waals surface area contributed by atoms with Gasteiger partial charge < -0.3 is 14.9 Å². The second kappa shape index (κ2) is 9.21. The van der Waals surface area contributed by atoms with Gasteiger partial charge in [0.15, 0.2) is 6.23 Å². The summed E-state index contributed by atoms with van der Waals surface area (Å²) in [4.78, 5) is 15.9. The molecule has 2 aromatic carbocycles. The van der Waals surface area contributed by atoms with Gasteiger partial charge in [-0.1, -0.05) is 81.4 Å². The van der Waals surface area contributed by atoms with Gasteiger partial charge >= 0.3 is 5.69 Å². The highest BCUT2D eigenvalue weighted by molar-refractivity contribution is 6.99. The quantitative estimate of drug-likeness (QED) is 0.564. The van der Waals surface area contributed by atoms with Crippen LogP contribution in [0.1, 0.15) is 33.4 Å². The van der Waals surface area contributed by atoms with E-state index in [9.17, 15) is 9.18 Å². The van der Waals surface area contributed by atoms with Gasteiger partial charge in [-0.05, 0) is 21.5 Å². The van der Waals surface area contributed by atoms with E-state index in [1.807, 2.05) is 36.4 Å². The van der Waals surface area contributed by atoms with E-state index in [-0.39, 0.29) is 23.9 Å². The number of hydrogen-bond donors (Lipinski definition) is 1. The standard InChI is InChI=1S/C25H30FN3O3Si/c1-25(2,3)33(19-10-6-4-7-11-19,20-12-8-5-9-13-20)31-17-18-16-21(26)23(32-18)29-15-14-22(27)28-24(29)30/h4-15,18,21,23H,16-17H2,1-3H3,(H2,27,28,30)/t18-,21?,23+/m1/s1. The van der Waals surface area contributed by atoms with Crippen LogP contribution in [0.4, 0.5) is 10.2 Å². The normalized spacial score (nSPS) is 21.3. The third-order valence-electron chi connectivity index (χ3n) is 6.16. The number of ether oxygens (including phenoxy) is 1. The minimum Gasteiger partial charge on any atom is -0.405 e. The van der Waals surface area contributed by atoms with Crippen LogP contribution >= 0.6 is 0 Å². The molecular formula is C25H30FN3O3Si. The molecular weight excluding hydrogens is 437 g/mol. The van der Waals surface area contributed by atoms with Crippen molar-refractivity contribution in [1.29, 1.82) is 0 Å². The van der Waals surface area contributed by atoms with Gasteiger partial charge in [0.1, 0.15) is 12.0 Å². The molecule has 3 atom stereocenters. The summed E-state index contributed by atoms with van der Waals surface area (Å²) < 4.78 is 28.9. The van der Waals surface area contributed by atoms with Crippen molar-refractivity contribution in [3.63, 3.8) is 0 Å². The Morgan fingerprint density at radius 3 is 2.18 bits per heavy atom. The molecule has 8 heteroatoms. The lowest BCUT2D eigenvalue weighted by Gasteiger charge is -2.43. The molecule has 1 fully saturated rings. The number of benzene rings is 2. The third-order valence-corrected chi connectivity index (χ3v) is 11.2. The molecule has 0 bridgehead atoms. The smallest absolute Gasteiger partial charge is 0.351 e. The number of aromatic nitrogens is 2. The Morgan fingerprint density at radius 2 is 1.67 bits per heavy atom. The number of hydrogen-bond acceptors (Lipinski definition) is 5. The minimum absolute atomic E-state index is 0.0937. The van der Waals surface area contributed by atoms with Crippen LogP contribution in [-0.2, 0) is 9.16 Å². The van der Waals surface area contributed by atoms with Crippen molar-refractivity contribution < 1.29 is 13.6 Å². The fraction of sp³-hybridized carbons (Fsp3) is 0.360. The van der Waals surface area contributed by atoms with Crippen molar-refractivity contribution in [2.24, 2.45) is 0 Å². The summed E-state index contributed by atoms with van der Waals surface area (Å²) in [5.74, 6) is 0.0937. The molecule has 0 radical (unpaired) electrons. The molecule has 0 aliphatic carbocycles. The van der Waals surface area contributed by atoms with Gasteiger partial charge in [0.25, 0.3) is 8.32 Å². The van der Waals surface area contributed by atoms with Crippen molar-refractivity contribution in [2.75, 3.05) is 12.3 Å². The van der Waals surface area contributed by atoms with Gasteiger partial charge in [0.2, 0.25) is 0 Å². The Kier molecular flexibility index (Phi) is 6.51. The summed E-state index contributed by atoms with van der Waals surface area (Å²) in [6.07, 6.45) is -1.32. The molecule has 0 spiro atoms. The van der Waals surface area contributed by atoms with E-state index < -0.39 is 32.5 Å². The lowest BCUT2D eigenvalue weighted by Crippen LogP contribution is -2.67. The number of alkyl halides is 1. The Labute approximate surface area is 194 Å². The number of nitrogen functional groups attached to an aromatic ring is 1. The molecule has 3 aromatic rings. The second-order valence-corrected chi connectivity index (χ2v) is 13.7. The molecule has 0 amide bonds. The SMILES string of the molecule is CC(C)(C)[Si](OC[C@H]1CC(F)[C@@H](n2ccc(N)nc2=O)O1)(c1ccccc1)c1ccccc1. The number of anilines is 1. The van der Waals surface area contributed by atoms with Crippen LogP contribution in [0.15, 0.2) is 77.7 Å². The predicted octanol–water partition coefficient (Wildman–Crippen LogP) is 3.03. The number of rotatable bonds is 6. The monoisotopic (exact) mass is 467 g/mol. The average molecular weight is 468 g/mol. The highest BCUT2D eigenvalue weighted by Gasteiger charge is 2.51. The fourth-order valence-corrected chi connectivity index (χ4v) is 9.24. The molecule has 0 saturated carbocycles. The van der Waals surface area contributed by atoms with Gasteiger partial charge in [0.05, 0.1) is 12.7 Å². The first-order chi connectivity index (χ1) is 15.7. The Hall–Kier alpha value is -2.81. The Balaban J connectivity index is 1.64. The summed E-state index contributed by atoms with van der Waals surface area (Å²) in [5, 5.41) is 2.10. The van der Waals surface area contributed by atoms with Crippen LogP contribution < -0.4 is 21.8 Å². The van der Waals surface area contributed by atoms with Gasteiger partial charge in [-0.2, -0.15) is 4.98 Å². The van der Waals surface area contributed by atoms with E-state index in [0.717, 1.165) is 14.9 Å². The zero-order valence-corrected chi connectivity index (χ0v) is 20.1. The molecule has 6 nitrogen and oxygen atoms in total. The minimum atomic E-state index is -2.76. The molecule has 2 heterocycles. The predicted molar refractivity (Wildman–Crippen MR) is 130 cm³/mol. The number of nitrogens with zero attached hydrogens (tertiary/aromatic N) is 2. The second-order valence-electron chi connectivity index (χ2n) is 9.42. The maximum Gasteiger partial charge on any atom is 0.351 e. The van der Waals surface area contributed by atoms with Gasteiger partial charge in [0, 0.05) is 12.6 Å². The van der Waals surface area contributed by atoms with Crippen molar-refractivity contribution in [2.45, 2.75) is 50.7 Å². The average Bonchev–Trinajstić information content (AvgIpc) is 3.15. The summed E-state index contributed by atoms with van der Waals surface area (Å²) in [6, 6.07) is 22.0. The summed E-state index contributed by atoms with van der Waals surface area (Å²) in [6.45, 7) is 6.79. The van der Waals surface area contributed by atoms with Gasteiger partial charge in [-0.3, -0.25) is 4.57 Å². The Bertz CT molecular complexity index is 1100. The van der Waals surface area contributed by atoms with Crippen molar-refractivity contribution >= 4 is 24.5 Å². The van der Waals surface area contributed by atoms with E-state index in [0.29, 0.717) is 0 Å². The lowest BCUT2D eigenvalue weighted by atomic mass is 10.2. The van der Waals surface area contributed by atoms with Gasteiger partial charge in [-0.15, -0.1) is 0 Å². The topological polar surface area (TPSA) is 79.4 Å². The largest absolute Gasteiger partial charge is 0.405 e. The zero-order chi connectivity index (χ0) is 23.6. The highest BCUT2D eigenvalue weighted by atomic mass is 28.4. The zero-order valence-electron chi connectivity index (χ0n) is 19.1. The van der Waals surface area contributed by atoms with Crippen LogP contribution in [0, 0.1) is 0 Å². The summed E-state index contributed by atoms with van der Waals surface area (Å²) in [7, 11) is -2.76. The van der Waals surface area contributed by atoms with Crippen LogP contribution in [0.5, 0.6) is 0 Å². The molecule has 2 N–H and O–H groups in total. The maximum atomic E-state index is 14.9. The van der Waals surface area contributed by atoms with Gasteiger partial charge in [-0.25, -0.2) is 9.18 Å². The van der Waals surface area contributed by atoms with Crippen LogP contribution in [0.2, 0.25) is 5.04 Å². The molecule has 33 heavy (non-hydrogen) atoms. The van der Waals surface area contributed by atoms with Crippen LogP contribution in [0.3, 0.4) is 0 Å². The molecule has 4 rings (SSSR count). The van der Waals surface area contributed by atoms with Crippen molar-refractivity contribution in [3.8, 4) is 0 Å². The summed E-state index contributed by atoms with van der Waals surface area (Å²) >= 11 is 0. The van der Waals surface area contributed by atoms with E-state index in [4.69, 9.17) is 14.9 Å². The molecule has 1 aromatic heterocycles. The van der Waals surface area contributed by atoms with Crippen LogP contribution in [-0.4, -0.2) is 36.8 Å². The molecule has 1 aliphatic heterocycles. The number of nitrogens with two attached hydrogens (primary N) is 1. The highest BCUT2D eigenvalue weighted by Crippen LogP contribution is 2.38. The molecule has 1 aliphatic rings. The molecule has 1 saturated heterocycles. The number of halogens is 1. The Morgan fingerprint density at radius 1 is 1.09 bits per heavy atom. The molecule has 174 valence electrons. The maximum absolute atomic E-state index is 14.9. The third kappa shape index (κ3) is 4.51. The van der Waals surface area contributed by atoms with Crippen molar-refractivity contribution in [3.05, 3.63) is 83.4 Å². The van der Waals surface area contributed by atoms with E-state index in [1.165, 1.54) is 12.3 Å². The first-order valence-electron chi connectivity index (χ1n) is 11.1. The first kappa shape index (κ1) is 23.3. The lowest BCUT2D eigenvalue weighted by molar-refractivity contribution is -0.0369. The first-order valence-corrected chi connectivity index (χ1v) is 13.0. The fourth-order valence-electron chi connectivity index (χ4n) is 4.65. The van der Waals surface area contributed by atoms with E-state index in [1.54, 1.807) is 0 Å². The van der Waals surface area contributed by atoms with E-state index in [2.05, 4.69) is 50.0 Å². The van der Waals surface area contributed by atoms with Crippen molar-refractivity contribution in [1.82, 2.24) is 9.55 Å². The van der Waals surface area contributed by atoms with Crippen LogP contribution in [0.25, 0.3) is 0 Å². The summed E-state index contributed by atoms with van der Waals surface area (Å²) in [5.41, 5.74) is 4.93.